The molecule has 0 spiro atoms. The number of aliphatic hydroxyl groups excluding tert-OH is 1. The fraction of sp³-hybridized carbons (Fsp3) is 0.727. The minimum Gasteiger partial charge on any atom is -0.396 e. The van der Waals surface area contributed by atoms with Crippen LogP contribution in [0.3, 0.4) is 0 Å². The lowest BCUT2D eigenvalue weighted by atomic mass is 10.1. The van der Waals surface area contributed by atoms with Crippen LogP contribution in [0.5, 0.6) is 0 Å². The molecule has 0 unspecified atom stereocenters. The minimum absolute atomic E-state index is 0.0923. The summed E-state index contributed by atoms with van der Waals surface area (Å²) in [4.78, 5) is 10.7. The van der Waals surface area contributed by atoms with Gasteiger partial charge < -0.3 is 10.4 Å². The first-order valence-electron chi connectivity index (χ1n) is 5.32. The molecule has 0 bridgehead atoms. The number of unbranched alkanes of at least 4 members (excludes halogenated alkanes) is 5. The van der Waals surface area contributed by atoms with Gasteiger partial charge in [0.05, 0.1) is 0 Å². The third-order valence-electron chi connectivity index (χ3n) is 2.07. The van der Waals surface area contributed by atoms with Crippen LogP contribution in [-0.2, 0) is 4.79 Å². The predicted octanol–water partition coefficient (Wildman–Crippen LogP) is 1.62. The molecule has 0 heterocycles. The number of aliphatic hydroxyl groups is 1. The van der Waals surface area contributed by atoms with Crippen molar-refractivity contribution in [1.82, 2.24) is 5.32 Å². The number of hydrogen-bond donors (Lipinski definition) is 2. The fourth-order valence-electron chi connectivity index (χ4n) is 1.23. The molecule has 3 nitrogen and oxygen atoms in total. The maximum Gasteiger partial charge on any atom is 0.243 e. The molecule has 0 rings (SSSR count). The molecule has 3 heteroatoms. The SMILES string of the molecule is C=CC(=O)NCCCCCCCCO. The zero-order valence-corrected chi connectivity index (χ0v) is 8.80. The smallest absolute Gasteiger partial charge is 0.243 e. The molecule has 0 saturated heterocycles. The second kappa shape index (κ2) is 10.3. The first-order chi connectivity index (χ1) is 6.81. The molecule has 0 aromatic rings. The van der Waals surface area contributed by atoms with Crippen LogP contribution in [0.2, 0.25) is 0 Å². The highest BCUT2D eigenvalue weighted by Gasteiger charge is 1.93. The normalized spacial score (nSPS) is 9.79. The van der Waals surface area contributed by atoms with E-state index in [2.05, 4.69) is 11.9 Å². The lowest BCUT2D eigenvalue weighted by Crippen LogP contribution is -2.21. The van der Waals surface area contributed by atoms with Crippen LogP contribution in [0.15, 0.2) is 12.7 Å². The second-order valence-corrected chi connectivity index (χ2v) is 3.34. The summed E-state index contributed by atoms with van der Waals surface area (Å²) in [6.45, 7) is 4.42. The van der Waals surface area contributed by atoms with Crippen LogP contribution in [-0.4, -0.2) is 24.2 Å². The summed E-state index contributed by atoms with van der Waals surface area (Å²) < 4.78 is 0. The zero-order chi connectivity index (χ0) is 10.6. The highest BCUT2D eigenvalue weighted by atomic mass is 16.2. The Labute approximate surface area is 86.2 Å². The number of carbonyl (C=O) groups excluding carboxylic acids is 1. The van der Waals surface area contributed by atoms with Crippen molar-refractivity contribution < 1.29 is 9.90 Å². The first-order valence-corrected chi connectivity index (χ1v) is 5.32. The van der Waals surface area contributed by atoms with Crippen LogP contribution in [0, 0.1) is 0 Å². The molecule has 0 aliphatic carbocycles. The Hall–Kier alpha value is -0.830. The molecule has 14 heavy (non-hydrogen) atoms. The number of nitrogens with one attached hydrogen (secondary N) is 1. The van der Waals surface area contributed by atoms with Crippen molar-refractivity contribution in [3.8, 4) is 0 Å². The van der Waals surface area contributed by atoms with Gasteiger partial charge in [-0.25, -0.2) is 0 Å². The van der Waals surface area contributed by atoms with Gasteiger partial charge in [0.2, 0.25) is 5.91 Å². The van der Waals surface area contributed by atoms with Crippen LogP contribution < -0.4 is 5.32 Å². The summed E-state index contributed by atoms with van der Waals surface area (Å²) in [5.74, 6) is -0.0923. The Balaban J connectivity index is 2.99. The van der Waals surface area contributed by atoms with Gasteiger partial charge in [0.25, 0.3) is 0 Å². The molecule has 0 fully saturated rings. The fourth-order valence-corrected chi connectivity index (χ4v) is 1.23. The molecule has 0 aliphatic heterocycles. The molecule has 0 aliphatic rings. The summed E-state index contributed by atoms with van der Waals surface area (Å²) >= 11 is 0. The summed E-state index contributed by atoms with van der Waals surface area (Å²) in [6, 6.07) is 0. The highest BCUT2D eigenvalue weighted by Crippen LogP contribution is 2.04. The van der Waals surface area contributed by atoms with Crippen molar-refractivity contribution in [3.05, 3.63) is 12.7 Å². The third-order valence-corrected chi connectivity index (χ3v) is 2.07. The number of carbonyl (C=O) groups is 1. The van der Waals surface area contributed by atoms with Crippen LogP contribution in [0.25, 0.3) is 0 Å². The van der Waals surface area contributed by atoms with Crippen molar-refractivity contribution in [2.24, 2.45) is 0 Å². The number of hydrogen-bond acceptors (Lipinski definition) is 2. The van der Waals surface area contributed by atoms with E-state index in [1.54, 1.807) is 0 Å². The van der Waals surface area contributed by atoms with Crippen LogP contribution >= 0.6 is 0 Å². The number of rotatable bonds is 9. The van der Waals surface area contributed by atoms with Crippen molar-refractivity contribution >= 4 is 5.91 Å². The Bertz CT molecular complexity index is 157. The van der Waals surface area contributed by atoms with Gasteiger partial charge in [-0.3, -0.25) is 4.79 Å². The minimum atomic E-state index is -0.0923. The quantitative estimate of drug-likeness (QED) is 0.438. The van der Waals surface area contributed by atoms with E-state index in [1.165, 1.54) is 18.9 Å². The Kier molecular flexibility index (Phi) is 9.64. The van der Waals surface area contributed by atoms with E-state index in [4.69, 9.17) is 5.11 Å². The highest BCUT2D eigenvalue weighted by molar-refractivity contribution is 5.86. The summed E-state index contributed by atoms with van der Waals surface area (Å²) in [6.07, 6.45) is 7.84. The molecular weight excluding hydrogens is 178 g/mol. The monoisotopic (exact) mass is 199 g/mol. The Morgan fingerprint density at radius 1 is 1.14 bits per heavy atom. The van der Waals surface area contributed by atoms with Gasteiger partial charge in [0.1, 0.15) is 0 Å². The van der Waals surface area contributed by atoms with Crippen LogP contribution in [0.1, 0.15) is 38.5 Å². The van der Waals surface area contributed by atoms with E-state index >= 15 is 0 Å². The average Bonchev–Trinajstić information content (AvgIpc) is 2.21. The van der Waals surface area contributed by atoms with E-state index < -0.39 is 0 Å². The molecule has 0 atom stereocenters. The molecule has 2 N–H and O–H groups in total. The predicted molar refractivity (Wildman–Crippen MR) is 58.0 cm³/mol. The summed E-state index contributed by atoms with van der Waals surface area (Å²) in [5, 5.41) is 11.3. The van der Waals surface area contributed by atoms with Gasteiger partial charge in [0, 0.05) is 13.2 Å². The van der Waals surface area contributed by atoms with Gasteiger partial charge >= 0.3 is 0 Å². The van der Waals surface area contributed by atoms with Crippen molar-refractivity contribution in [3.63, 3.8) is 0 Å². The molecule has 1 amide bonds. The van der Waals surface area contributed by atoms with Crippen LogP contribution in [0.4, 0.5) is 0 Å². The van der Waals surface area contributed by atoms with E-state index in [9.17, 15) is 4.79 Å². The summed E-state index contributed by atoms with van der Waals surface area (Å²) in [7, 11) is 0. The van der Waals surface area contributed by atoms with Crippen molar-refractivity contribution in [2.45, 2.75) is 38.5 Å². The first kappa shape index (κ1) is 13.2. The Morgan fingerprint density at radius 3 is 2.29 bits per heavy atom. The molecule has 82 valence electrons. The molecule has 0 saturated carbocycles. The van der Waals surface area contributed by atoms with Gasteiger partial charge in [-0.15, -0.1) is 0 Å². The molecular formula is C11H21NO2. The zero-order valence-electron chi connectivity index (χ0n) is 8.80. The topological polar surface area (TPSA) is 49.3 Å². The van der Waals surface area contributed by atoms with Crippen molar-refractivity contribution in [2.75, 3.05) is 13.2 Å². The Morgan fingerprint density at radius 2 is 1.71 bits per heavy atom. The molecule has 0 radical (unpaired) electrons. The van der Waals surface area contributed by atoms with Crippen molar-refractivity contribution in [1.29, 1.82) is 0 Å². The van der Waals surface area contributed by atoms with E-state index in [-0.39, 0.29) is 5.91 Å². The van der Waals surface area contributed by atoms with Gasteiger partial charge in [-0.2, -0.15) is 0 Å². The standard InChI is InChI=1S/C11H21NO2/c1-2-11(14)12-9-7-5-3-4-6-8-10-13/h2,13H,1,3-10H2,(H,12,14). The lowest BCUT2D eigenvalue weighted by Gasteiger charge is -2.02. The third kappa shape index (κ3) is 9.26. The van der Waals surface area contributed by atoms with Gasteiger partial charge in [-0.05, 0) is 18.9 Å². The molecule has 0 aromatic carbocycles. The van der Waals surface area contributed by atoms with E-state index in [0.717, 1.165) is 32.2 Å². The van der Waals surface area contributed by atoms with Gasteiger partial charge in [-0.1, -0.05) is 32.3 Å². The largest absolute Gasteiger partial charge is 0.396 e. The summed E-state index contributed by atoms with van der Waals surface area (Å²) in [5.41, 5.74) is 0. The van der Waals surface area contributed by atoms with E-state index in [0.29, 0.717) is 6.61 Å². The average molecular weight is 199 g/mol. The number of amides is 1. The second-order valence-electron chi connectivity index (χ2n) is 3.34. The van der Waals surface area contributed by atoms with E-state index in [1.807, 2.05) is 0 Å². The maximum atomic E-state index is 10.7. The lowest BCUT2D eigenvalue weighted by molar-refractivity contribution is -0.116. The van der Waals surface area contributed by atoms with Gasteiger partial charge in [0.15, 0.2) is 0 Å². The maximum absolute atomic E-state index is 10.7. The molecule has 0 aromatic heterocycles.